The summed E-state index contributed by atoms with van der Waals surface area (Å²) in [5.74, 6) is 0.0951. The van der Waals surface area contributed by atoms with E-state index in [4.69, 9.17) is 38.4 Å². The van der Waals surface area contributed by atoms with E-state index in [0.717, 1.165) is 6.07 Å². The average Bonchev–Trinajstić information content (AvgIpc) is 2.35. The Morgan fingerprint density at radius 2 is 1.79 bits per heavy atom. The lowest BCUT2D eigenvalue weighted by Gasteiger charge is -2.12. The van der Waals surface area contributed by atoms with Crippen molar-refractivity contribution in [3.63, 3.8) is 0 Å². The highest BCUT2D eigenvalue weighted by atomic mass is 35.5. The number of hydrogen-bond acceptors (Lipinski definition) is 3. The maximum Gasteiger partial charge on any atom is 0.167 e. The third kappa shape index (κ3) is 3.03. The molecule has 2 rings (SSSR count). The Labute approximate surface area is 119 Å². The van der Waals surface area contributed by atoms with Crippen LogP contribution < -0.4 is 15.2 Å². The molecule has 0 amide bonds. The molecule has 100 valence electrons. The van der Waals surface area contributed by atoms with E-state index in [-0.39, 0.29) is 17.2 Å². The van der Waals surface area contributed by atoms with Crippen molar-refractivity contribution in [1.29, 1.82) is 0 Å². The molecule has 0 heterocycles. The number of methoxy groups -OCH3 is 1. The molecule has 0 saturated carbocycles. The molecule has 0 saturated heterocycles. The number of halogens is 3. The molecule has 19 heavy (non-hydrogen) atoms. The van der Waals surface area contributed by atoms with Crippen molar-refractivity contribution in [1.82, 2.24) is 0 Å². The van der Waals surface area contributed by atoms with Crippen molar-refractivity contribution in [2.45, 2.75) is 0 Å². The summed E-state index contributed by atoms with van der Waals surface area (Å²) in [7, 11) is 1.35. The summed E-state index contributed by atoms with van der Waals surface area (Å²) in [6, 6.07) is 7.24. The summed E-state index contributed by atoms with van der Waals surface area (Å²) >= 11 is 11.8. The lowest BCUT2D eigenvalue weighted by molar-refractivity contribution is 0.382. The van der Waals surface area contributed by atoms with E-state index in [1.807, 2.05) is 0 Å². The fraction of sp³-hybridized carbons (Fsp3) is 0.0769. The van der Waals surface area contributed by atoms with Crippen LogP contribution in [0.25, 0.3) is 0 Å². The zero-order valence-electron chi connectivity index (χ0n) is 9.91. The van der Waals surface area contributed by atoms with E-state index in [9.17, 15) is 4.39 Å². The topological polar surface area (TPSA) is 44.5 Å². The smallest absolute Gasteiger partial charge is 0.167 e. The van der Waals surface area contributed by atoms with E-state index >= 15 is 0 Å². The Morgan fingerprint density at radius 1 is 1.05 bits per heavy atom. The molecule has 2 N–H and O–H groups in total. The quantitative estimate of drug-likeness (QED) is 0.848. The maximum atomic E-state index is 13.4. The van der Waals surface area contributed by atoms with Gasteiger partial charge in [0.1, 0.15) is 5.75 Å². The number of nitrogens with two attached hydrogens (primary N) is 1. The molecule has 0 unspecified atom stereocenters. The highest BCUT2D eigenvalue weighted by Crippen LogP contribution is 2.36. The molecule has 0 bridgehead atoms. The van der Waals surface area contributed by atoms with Gasteiger partial charge < -0.3 is 15.2 Å². The van der Waals surface area contributed by atoms with Crippen molar-refractivity contribution in [3.05, 3.63) is 46.2 Å². The van der Waals surface area contributed by atoms with Crippen molar-refractivity contribution < 1.29 is 13.9 Å². The van der Waals surface area contributed by atoms with Crippen molar-refractivity contribution in [2.75, 3.05) is 12.8 Å². The molecular formula is C13H10Cl2FNO2. The second-order valence-electron chi connectivity index (χ2n) is 3.70. The van der Waals surface area contributed by atoms with Crippen LogP contribution in [0.3, 0.4) is 0 Å². The second kappa shape index (κ2) is 5.55. The van der Waals surface area contributed by atoms with Gasteiger partial charge in [-0.05, 0) is 18.2 Å². The molecule has 2 aromatic rings. The minimum Gasteiger partial charge on any atom is -0.494 e. The van der Waals surface area contributed by atoms with E-state index < -0.39 is 5.82 Å². The van der Waals surface area contributed by atoms with Gasteiger partial charge in [0, 0.05) is 17.2 Å². The highest BCUT2D eigenvalue weighted by Gasteiger charge is 2.12. The van der Waals surface area contributed by atoms with Gasteiger partial charge in [-0.2, -0.15) is 0 Å². The summed E-state index contributed by atoms with van der Waals surface area (Å²) in [6.45, 7) is 0. The van der Waals surface area contributed by atoms with Crippen LogP contribution in [-0.4, -0.2) is 7.11 Å². The summed E-state index contributed by atoms with van der Waals surface area (Å²) in [5.41, 5.74) is 5.83. The first-order valence-corrected chi connectivity index (χ1v) is 6.02. The molecule has 0 aromatic heterocycles. The molecule has 3 nitrogen and oxygen atoms in total. The van der Waals surface area contributed by atoms with Gasteiger partial charge in [0.05, 0.1) is 17.8 Å². The molecule has 0 aliphatic carbocycles. The van der Waals surface area contributed by atoms with Gasteiger partial charge in [-0.3, -0.25) is 0 Å². The van der Waals surface area contributed by atoms with Gasteiger partial charge in [-0.15, -0.1) is 0 Å². The van der Waals surface area contributed by atoms with Gasteiger partial charge in [0.15, 0.2) is 17.3 Å². The summed E-state index contributed by atoms with van der Waals surface area (Å²) < 4.78 is 23.8. The van der Waals surface area contributed by atoms with Gasteiger partial charge in [-0.1, -0.05) is 23.2 Å². The molecule has 0 aliphatic heterocycles. The number of benzene rings is 2. The fourth-order valence-electron chi connectivity index (χ4n) is 1.47. The van der Waals surface area contributed by atoms with Crippen LogP contribution in [0, 0.1) is 5.82 Å². The van der Waals surface area contributed by atoms with Crippen LogP contribution >= 0.6 is 23.2 Å². The SMILES string of the molecule is COc1cc(Oc2ccc(Cl)cc2Cl)c(N)cc1F. The number of anilines is 1. The van der Waals surface area contributed by atoms with Crippen LogP contribution in [-0.2, 0) is 0 Å². The standard InChI is InChI=1S/C13H10Cl2FNO2/c1-18-12-6-13(10(17)5-9(12)16)19-11-3-2-7(14)4-8(11)15/h2-6H,17H2,1H3. The Kier molecular flexibility index (Phi) is 4.02. The molecule has 0 fully saturated rings. The molecule has 2 aromatic carbocycles. The highest BCUT2D eigenvalue weighted by molar-refractivity contribution is 6.35. The van der Waals surface area contributed by atoms with Crippen LogP contribution in [0.15, 0.2) is 30.3 Å². The van der Waals surface area contributed by atoms with Gasteiger partial charge in [-0.25, -0.2) is 4.39 Å². The third-order valence-electron chi connectivity index (χ3n) is 2.40. The summed E-state index contributed by atoms with van der Waals surface area (Å²) in [6.07, 6.45) is 0. The van der Waals surface area contributed by atoms with Gasteiger partial charge in [0.2, 0.25) is 0 Å². The lowest BCUT2D eigenvalue weighted by atomic mass is 10.2. The molecule has 0 aliphatic rings. The van der Waals surface area contributed by atoms with Crippen LogP contribution in [0.4, 0.5) is 10.1 Å². The maximum absolute atomic E-state index is 13.4. The Morgan fingerprint density at radius 3 is 2.42 bits per heavy atom. The lowest BCUT2D eigenvalue weighted by Crippen LogP contribution is -1.96. The first kappa shape index (κ1) is 13.8. The Bertz CT molecular complexity index is 620. The van der Waals surface area contributed by atoms with E-state index in [2.05, 4.69) is 0 Å². The van der Waals surface area contributed by atoms with E-state index in [0.29, 0.717) is 15.8 Å². The van der Waals surface area contributed by atoms with Crippen molar-refractivity contribution >= 4 is 28.9 Å². The fourth-order valence-corrected chi connectivity index (χ4v) is 1.92. The van der Waals surface area contributed by atoms with Crippen molar-refractivity contribution in [2.24, 2.45) is 0 Å². The molecule has 0 atom stereocenters. The van der Waals surface area contributed by atoms with Crippen molar-refractivity contribution in [3.8, 4) is 17.2 Å². The van der Waals surface area contributed by atoms with Gasteiger partial charge >= 0.3 is 0 Å². The zero-order chi connectivity index (χ0) is 14.0. The molecule has 6 heteroatoms. The number of hydrogen-bond donors (Lipinski definition) is 1. The molecule has 0 spiro atoms. The zero-order valence-corrected chi connectivity index (χ0v) is 11.4. The minimum absolute atomic E-state index is 0.0364. The van der Waals surface area contributed by atoms with E-state index in [1.165, 1.54) is 19.2 Å². The predicted molar refractivity (Wildman–Crippen MR) is 73.9 cm³/mol. The predicted octanol–water partition coefficient (Wildman–Crippen LogP) is 4.52. The van der Waals surface area contributed by atoms with Crippen LogP contribution in [0.5, 0.6) is 17.2 Å². The Hall–Kier alpha value is -1.65. The van der Waals surface area contributed by atoms with E-state index in [1.54, 1.807) is 12.1 Å². The normalized spacial score (nSPS) is 10.3. The number of ether oxygens (including phenoxy) is 2. The number of nitrogen functional groups attached to an aromatic ring is 1. The monoisotopic (exact) mass is 301 g/mol. The van der Waals surface area contributed by atoms with Crippen LogP contribution in [0.1, 0.15) is 0 Å². The first-order valence-electron chi connectivity index (χ1n) is 5.27. The second-order valence-corrected chi connectivity index (χ2v) is 4.55. The largest absolute Gasteiger partial charge is 0.494 e. The minimum atomic E-state index is -0.561. The summed E-state index contributed by atoms with van der Waals surface area (Å²) in [4.78, 5) is 0. The molecule has 0 radical (unpaired) electrons. The average molecular weight is 302 g/mol. The Balaban J connectivity index is 2.37. The molecular weight excluding hydrogens is 292 g/mol. The summed E-state index contributed by atoms with van der Waals surface area (Å²) in [5, 5.41) is 0.817. The third-order valence-corrected chi connectivity index (χ3v) is 2.93. The van der Waals surface area contributed by atoms with Crippen LogP contribution in [0.2, 0.25) is 10.0 Å². The van der Waals surface area contributed by atoms with Gasteiger partial charge in [0.25, 0.3) is 0 Å². The first-order chi connectivity index (χ1) is 9.01. The number of rotatable bonds is 3.